The molecule has 0 atom stereocenters. The lowest BCUT2D eigenvalue weighted by Gasteiger charge is -2.06. The average molecular weight is 298 g/mol. The van der Waals surface area contributed by atoms with Crippen LogP contribution in [0.1, 0.15) is 16.1 Å². The van der Waals surface area contributed by atoms with E-state index < -0.39 is 5.97 Å². The molecule has 1 N–H and O–H groups in total. The van der Waals surface area contributed by atoms with Crippen molar-refractivity contribution in [2.24, 2.45) is 0 Å². The molecule has 0 saturated carbocycles. The molecule has 21 heavy (non-hydrogen) atoms. The third kappa shape index (κ3) is 2.73. The van der Waals surface area contributed by atoms with Crippen molar-refractivity contribution in [2.75, 3.05) is 0 Å². The van der Waals surface area contributed by atoms with Crippen LogP contribution >= 0.6 is 11.6 Å². The molecule has 4 heteroatoms. The Labute approximate surface area is 126 Å². The summed E-state index contributed by atoms with van der Waals surface area (Å²) in [6.45, 7) is 1.95. The van der Waals surface area contributed by atoms with Crippen LogP contribution in [0.3, 0.4) is 0 Å². The van der Waals surface area contributed by atoms with Gasteiger partial charge in [0, 0.05) is 16.1 Å². The highest BCUT2D eigenvalue weighted by molar-refractivity contribution is 6.31. The zero-order valence-electron chi connectivity index (χ0n) is 11.3. The van der Waals surface area contributed by atoms with Gasteiger partial charge in [0.15, 0.2) is 0 Å². The minimum Gasteiger partial charge on any atom is -0.478 e. The Hall–Kier alpha value is -2.39. The number of aromatic nitrogens is 1. The first-order valence-corrected chi connectivity index (χ1v) is 6.82. The first kappa shape index (κ1) is 13.6. The molecule has 0 bridgehead atoms. The summed E-state index contributed by atoms with van der Waals surface area (Å²) in [5, 5.41) is 10.5. The van der Waals surface area contributed by atoms with Crippen molar-refractivity contribution in [2.45, 2.75) is 6.92 Å². The summed E-state index contributed by atoms with van der Waals surface area (Å²) in [5.74, 6) is -0.989. The molecular formula is C17H12ClNO2. The number of carboxylic acid groups (broad SMARTS) is 1. The van der Waals surface area contributed by atoms with Crippen LogP contribution < -0.4 is 0 Å². The van der Waals surface area contributed by atoms with Gasteiger partial charge in [0.1, 0.15) is 0 Å². The quantitative estimate of drug-likeness (QED) is 0.754. The number of hydrogen-bond donors (Lipinski definition) is 1. The van der Waals surface area contributed by atoms with Crippen molar-refractivity contribution in [3.8, 4) is 11.1 Å². The number of fused-ring (bicyclic) bond motifs is 1. The Morgan fingerprint density at radius 2 is 1.86 bits per heavy atom. The van der Waals surface area contributed by atoms with E-state index in [0.29, 0.717) is 5.02 Å². The summed E-state index contributed by atoms with van der Waals surface area (Å²) in [5.41, 5.74) is 3.76. The molecule has 0 fully saturated rings. The van der Waals surface area contributed by atoms with Crippen LogP contribution in [-0.2, 0) is 0 Å². The number of hydrogen-bond acceptors (Lipinski definition) is 2. The first-order valence-electron chi connectivity index (χ1n) is 6.44. The lowest BCUT2D eigenvalue weighted by atomic mass is 10.0. The highest BCUT2D eigenvalue weighted by atomic mass is 35.5. The number of benzene rings is 2. The molecule has 3 aromatic rings. The third-order valence-electron chi connectivity index (χ3n) is 3.31. The molecule has 0 aliphatic carbocycles. The van der Waals surface area contributed by atoms with E-state index in [4.69, 9.17) is 16.7 Å². The standard InChI is InChI=1S/C17H12ClNO2/c1-10-2-3-12-6-11(4-5-16(12)19-10)13-7-14(17(20)21)9-15(18)8-13/h2-9H,1H3,(H,20,21). The minimum atomic E-state index is -0.989. The zero-order valence-corrected chi connectivity index (χ0v) is 12.1. The van der Waals surface area contributed by atoms with E-state index in [0.717, 1.165) is 27.7 Å². The normalized spacial score (nSPS) is 10.8. The predicted octanol–water partition coefficient (Wildman–Crippen LogP) is 4.56. The molecule has 0 radical (unpaired) electrons. The van der Waals surface area contributed by atoms with Crippen LogP contribution in [0.4, 0.5) is 0 Å². The van der Waals surface area contributed by atoms with Crippen molar-refractivity contribution in [1.82, 2.24) is 4.98 Å². The second-order valence-corrected chi connectivity index (χ2v) is 5.33. The van der Waals surface area contributed by atoms with Gasteiger partial charge in [-0.2, -0.15) is 0 Å². The van der Waals surface area contributed by atoms with E-state index in [-0.39, 0.29) is 5.56 Å². The fourth-order valence-electron chi connectivity index (χ4n) is 2.29. The molecule has 0 aliphatic heterocycles. The monoisotopic (exact) mass is 297 g/mol. The van der Waals surface area contributed by atoms with Crippen LogP contribution in [-0.4, -0.2) is 16.1 Å². The van der Waals surface area contributed by atoms with Crippen LogP contribution in [0, 0.1) is 6.92 Å². The van der Waals surface area contributed by atoms with Crippen molar-refractivity contribution < 1.29 is 9.90 Å². The number of aromatic carboxylic acids is 1. The number of halogens is 1. The number of carboxylic acids is 1. The van der Waals surface area contributed by atoms with Gasteiger partial charge in [-0.25, -0.2) is 4.79 Å². The number of nitrogens with zero attached hydrogens (tertiary/aromatic N) is 1. The Morgan fingerprint density at radius 3 is 2.62 bits per heavy atom. The maximum absolute atomic E-state index is 11.1. The Morgan fingerprint density at radius 1 is 1.05 bits per heavy atom. The molecule has 3 rings (SSSR count). The van der Waals surface area contributed by atoms with E-state index >= 15 is 0 Å². The van der Waals surface area contributed by atoms with E-state index in [9.17, 15) is 4.79 Å². The summed E-state index contributed by atoms with van der Waals surface area (Å²) in [7, 11) is 0. The van der Waals surface area contributed by atoms with Gasteiger partial charge in [-0.3, -0.25) is 4.98 Å². The van der Waals surface area contributed by atoms with Gasteiger partial charge in [-0.05, 0) is 54.4 Å². The van der Waals surface area contributed by atoms with Gasteiger partial charge >= 0.3 is 5.97 Å². The van der Waals surface area contributed by atoms with Crippen molar-refractivity contribution >= 4 is 28.5 Å². The fraction of sp³-hybridized carbons (Fsp3) is 0.0588. The van der Waals surface area contributed by atoms with Crippen LogP contribution in [0.5, 0.6) is 0 Å². The molecule has 0 amide bonds. The van der Waals surface area contributed by atoms with Crippen molar-refractivity contribution in [3.05, 3.63) is 64.8 Å². The number of pyridine rings is 1. The van der Waals surface area contributed by atoms with Crippen molar-refractivity contribution in [1.29, 1.82) is 0 Å². The van der Waals surface area contributed by atoms with Gasteiger partial charge in [-0.15, -0.1) is 0 Å². The molecule has 1 aromatic heterocycles. The Balaban J connectivity index is 2.16. The van der Waals surface area contributed by atoms with Gasteiger partial charge in [-0.1, -0.05) is 23.7 Å². The molecule has 2 aromatic carbocycles. The lowest BCUT2D eigenvalue weighted by Crippen LogP contribution is -1.96. The number of carbonyl (C=O) groups is 1. The smallest absolute Gasteiger partial charge is 0.335 e. The first-order chi connectivity index (χ1) is 10.0. The number of rotatable bonds is 2. The molecule has 104 valence electrons. The molecule has 0 aliphatic rings. The molecular weight excluding hydrogens is 286 g/mol. The van der Waals surface area contributed by atoms with Gasteiger partial charge in [0.25, 0.3) is 0 Å². The molecule has 1 heterocycles. The van der Waals surface area contributed by atoms with Crippen molar-refractivity contribution in [3.63, 3.8) is 0 Å². The third-order valence-corrected chi connectivity index (χ3v) is 3.52. The van der Waals surface area contributed by atoms with Gasteiger partial charge in [0.2, 0.25) is 0 Å². The number of aryl methyl sites for hydroxylation is 1. The van der Waals surface area contributed by atoms with Gasteiger partial charge < -0.3 is 5.11 Å². The van der Waals surface area contributed by atoms with E-state index in [2.05, 4.69) is 4.98 Å². The summed E-state index contributed by atoms with van der Waals surface area (Å²) in [6, 6.07) is 14.6. The minimum absolute atomic E-state index is 0.180. The maximum atomic E-state index is 11.1. The highest BCUT2D eigenvalue weighted by Gasteiger charge is 2.08. The molecule has 0 spiro atoms. The topological polar surface area (TPSA) is 50.2 Å². The van der Waals surface area contributed by atoms with E-state index in [1.807, 2.05) is 37.3 Å². The lowest BCUT2D eigenvalue weighted by molar-refractivity contribution is 0.0697. The molecule has 0 unspecified atom stereocenters. The second kappa shape index (κ2) is 5.19. The maximum Gasteiger partial charge on any atom is 0.335 e. The molecule has 3 nitrogen and oxygen atoms in total. The summed E-state index contributed by atoms with van der Waals surface area (Å²) in [6.07, 6.45) is 0. The van der Waals surface area contributed by atoms with E-state index in [1.54, 1.807) is 12.1 Å². The largest absolute Gasteiger partial charge is 0.478 e. The highest BCUT2D eigenvalue weighted by Crippen LogP contribution is 2.27. The summed E-state index contributed by atoms with van der Waals surface area (Å²) in [4.78, 5) is 15.6. The van der Waals surface area contributed by atoms with Crippen LogP contribution in [0.2, 0.25) is 5.02 Å². The van der Waals surface area contributed by atoms with Gasteiger partial charge in [0.05, 0.1) is 11.1 Å². The SMILES string of the molecule is Cc1ccc2cc(-c3cc(Cl)cc(C(=O)O)c3)ccc2n1. The summed E-state index contributed by atoms with van der Waals surface area (Å²) >= 11 is 6.01. The Bertz CT molecular complexity index is 859. The fourth-order valence-corrected chi connectivity index (χ4v) is 2.52. The van der Waals surface area contributed by atoms with Crippen LogP contribution in [0.15, 0.2) is 48.5 Å². The van der Waals surface area contributed by atoms with Crippen LogP contribution in [0.25, 0.3) is 22.0 Å². The predicted molar refractivity (Wildman–Crippen MR) is 83.9 cm³/mol. The second-order valence-electron chi connectivity index (χ2n) is 4.89. The zero-order chi connectivity index (χ0) is 15.0. The average Bonchev–Trinajstić information content (AvgIpc) is 2.46. The Kier molecular flexibility index (Phi) is 3.35. The molecule has 0 saturated heterocycles. The summed E-state index contributed by atoms with van der Waals surface area (Å²) < 4.78 is 0. The van der Waals surface area contributed by atoms with E-state index in [1.165, 1.54) is 6.07 Å².